The van der Waals surface area contributed by atoms with Crippen LogP contribution in [-0.2, 0) is 11.2 Å². The molecule has 0 atom stereocenters. The van der Waals surface area contributed by atoms with Crippen molar-refractivity contribution >= 4 is 11.7 Å². The van der Waals surface area contributed by atoms with Crippen molar-refractivity contribution in [2.24, 2.45) is 5.73 Å². The summed E-state index contributed by atoms with van der Waals surface area (Å²) >= 11 is 0. The first-order valence-corrected chi connectivity index (χ1v) is 7.99. The highest BCUT2D eigenvalue weighted by Crippen LogP contribution is 2.32. The normalized spacial score (nSPS) is 10.4. The van der Waals surface area contributed by atoms with Gasteiger partial charge in [-0.15, -0.1) is 0 Å². The van der Waals surface area contributed by atoms with E-state index in [1.54, 1.807) is 25.3 Å². The van der Waals surface area contributed by atoms with Crippen molar-refractivity contribution in [3.05, 3.63) is 78.0 Å². The van der Waals surface area contributed by atoms with Gasteiger partial charge in [-0.25, -0.2) is 0 Å². The first-order valence-electron chi connectivity index (χ1n) is 7.99. The van der Waals surface area contributed by atoms with Gasteiger partial charge in [-0.1, -0.05) is 48.5 Å². The average Bonchev–Trinajstić information content (AvgIpc) is 2.62. The zero-order valence-electron chi connectivity index (χ0n) is 13.9. The van der Waals surface area contributed by atoms with Gasteiger partial charge in [0.05, 0.1) is 11.3 Å². The van der Waals surface area contributed by atoms with E-state index >= 15 is 0 Å². The maximum atomic E-state index is 11.7. The molecule has 3 rings (SSSR count). The minimum absolute atomic E-state index is 0.132. The molecule has 0 unspecified atom stereocenters. The van der Waals surface area contributed by atoms with E-state index in [-0.39, 0.29) is 5.78 Å². The van der Waals surface area contributed by atoms with Crippen molar-refractivity contribution in [1.82, 2.24) is 4.98 Å². The number of nitrogens with two attached hydrogens (primary N) is 1. The van der Waals surface area contributed by atoms with E-state index in [0.717, 1.165) is 22.3 Å². The minimum Gasteiger partial charge on any atom is -0.366 e. The summed E-state index contributed by atoms with van der Waals surface area (Å²) in [5.41, 5.74) is 10.2. The molecule has 2 N–H and O–H groups in total. The third kappa shape index (κ3) is 3.63. The molecule has 1 heterocycles. The smallest absolute Gasteiger partial charge is 0.250 e. The Kier molecular flexibility index (Phi) is 4.70. The molecule has 4 nitrogen and oxygen atoms in total. The van der Waals surface area contributed by atoms with Gasteiger partial charge in [0, 0.05) is 18.2 Å². The van der Waals surface area contributed by atoms with Crippen molar-refractivity contribution in [3.63, 3.8) is 0 Å². The molecule has 0 aliphatic heterocycles. The fourth-order valence-electron chi connectivity index (χ4n) is 2.85. The lowest BCUT2D eigenvalue weighted by molar-refractivity contribution is -0.116. The Labute approximate surface area is 146 Å². The van der Waals surface area contributed by atoms with E-state index in [0.29, 0.717) is 17.7 Å². The van der Waals surface area contributed by atoms with Gasteiger partial charge in [-0.05, 0) is 35.7 Å². The highest BCUT2D eigenvalue weighted by molar-refractivity contribution is 6.00. The lowest BCUT2D eigenvalue weighted by atomic mass is 9.94. The van der Waals surface area contributed by atoms with Gasteiger partial charge in [-0.2, -0.15) is 0 Å². The number of rotatable bonds is 5. The van der Waals surface area contributed by atoms with Crippen LogP contribution in [-0.4, -0.2) is 16.7 Å². The monoisotopic (exact) mass is 330 g/mol. The van der Waals surface area contributed by atoms with Gasteiger partial charge in [0.25, 0.3) is 5.91 Å². The van der Waals surface area contributed by atoms with Crippen LogP contribution >= 0.6 is 0 Å². The fourth-order valence-corrected chi connectivity index (χ4v) is 2.85. The van der Waals surface area contributed by atoms with Crippen molar-refractivity contribution in [2.75, 3.05) is 0 Å². The molecule has 0 spiro atoms. The Balaban J connectivity index is 2.08. The number of carbonyl (C=O) groups excluding carboxylic acids is 2. The summed E-state index contributed by atoms with van der Waals surface area (Å²) < 4.78 is 0. The number of nitrogens with zero attached hydrogens (tertiary/aromatic N) is 1. The number of Topliss-reactive ketones (excluding diaryl/α,β-unsaturated/α-hetero) is 1. The predicted octanol–water partition coefficient (Wildman–Crippen LogP) is 3.65. The molecule has 0 saturated heterocycles. The summed E-state index contributed by atoms with van der Waals surface area (Å²) in [5.74, 6) is -0.373. The summed E-state index contributed by atoms with van der Waals surface area (Å²) in [6.07, 6.45) is 2.07. The van der Waals surface area contributed by atoms with Crippen molar-refractivity contribution in [2.45, 2.75) is 13.3 Å². The third-order valence-electron chi connectivity index (χ3n) is 3.97. The van der Waals surface area contributed by atoms with Crippen molar-refractivity contribution < 1.29 is 9.59 Å². The highest BCUT2D eigenvalue weighted by Gasteiger charge is 2.14. The maximum absolute atomic E-state index is 11.7. The number of pyridine rings is 1. The topological polar surface area (TPSA) is 73.1 Å². The van der Waals surface area contributed by atoms with E-state index in [2.05, 4.69) is 4.98 Å². The molecule has 4 heteroatoms. The summed E-state index contributed by atoms with van der Waals surface area (Å²) in [4.78, 5) is 27.4. The molecule has 0 bridgehead atoms. The van der Waals surface area contributed by atoms with Crippen LogP contribution in [0.3, 0.4) is 0 Å². The summed E-state index contributed by atoms with van der Waals surface area (Å²) in [6, 6.07) is 19.0. The summed E-state index contributed by atoms with van der Waals surface area (Å²) in [7, 11) is 0. The second-order valence-electron chi connectivity index (χ2n) is 5.89. The molecule has 0 fully saturated rings. The van der Waals surface area contributed by atoms with E-state index in [1.807, 2.05) is 48.5 Å². The van der Waals surface area contributed by atoms with Gasteiger partial charge in [-0.3, -0.25) is 14.6 Å². The molecule has 1 amide bonds. The number of primary amides is 1. The lowest BCUT2D eigenvalue weighted by Gasteiger charge is -2.12. The second-order valence-corrected chi connectivity index (χ2v) is 5.89. The molecule has 1 aromatic heterocycles. The second kappa shape index (κ2) is 7.09. The molecule has 25 heavy (non-hydrogen) atoms. The van der Waals surface area contributed by atoms with Crippen LogP contribution in [0, 0.1) is 0 Å². The first-order chi connectivity index (χ1) is 12.1. The minimum atomic E-state index is -0.505. The van der Waals surface area contributed by atoms with Crippen molar-refractivity contribution in [3.8, 4) is 22.4 Å². The van der Waals surface area contributed by atoms with Crippen LogP contribution in [0.4, 0.5) is 0 Å². The average molecular weight is 330 g/mol. The van der Waals surface area contributed by atoms with Crippen LogP contribution in [0.5, 0.6) is 0 Å². The quantitative estimate of drug-likeness (QED) is 0.776. The van der Waals surface area contributed by atoms with Gasteiger partial charge >= 0.3 is 0 Å². The lowest BCUT2D eigenvalue weighted by Crippen LogP contribution is -2.13. The number of benzene rings is 2. The van der Waals surface area contributed by atoms with Crippen LogP contribution < -0.4 is 5.73 Å². The number of hydrogen-bond donors (Lipinski definition) is 1. The van der Waals surface area contributed by atoms with Gasteiger partial charge < -0.3 is 5.73 Å². The molecule has 124 valence electrons. The third-order valence-corrected chi connectivity index (χ3v) is 3.97. The predicted molar refractivity (Wildman–Crippen MR) is 98.0 cm³/mol. The number of ketones is 1. The number of amides is 1. The van der Waals surface area contributed by atoms with Crippen LogP contribution in [0.2, 0.25) is 0 Å². The number of aromatic nitrogens is 1. The standard InChI is InChI=1S/C21H18N2O2/c1-14(24)13-15-8-10-16(11-9-15)17-5-2-3-6-18(17)20-19(21(22)25)7-4-12-23-20/h2-12H,13H2,1H3,(H2,22,25). The Bertz CT molecular complexity index is 931. The highest BCUT2D eigenvalue weighted by atomic mass is 16.1. The van der Waals surface area contributed by atoms with Crippen LogP contribution in [0.15, 0.2) is 66.9 Å². The van der Waals surface area contributed by atoms with Crippen molar-refractivity contribution in [1.29, 1.82) is 0 Å². The van der Waals surface area contributed by atoms with E-state index in [9.17, 15) is 9.59 Å². The summed E-state index contributed by atoms with van der Waals surface area (Å²) in [5, 5.41) is 0. The summed E-state index contributed by atoms with van der Waals surface area (Å²) in [6.45, 7) is 1.58. The molecule has 0 radical (unpaired) electrons. The zero-order chi connectivity index (χ0) is 17.8. The first kappa shape index (κ1) is 16.6. The van der Waals surface area contributed by atoms with Gasteiger partial charge in [0.1, 0.15) is 5.78 Å². The molecular formula is C21H18N2O2. The molecule has 3 aromatic rings. The van der Waals surface area contributed by atoms with E-state index in [1.165, 1.54) is 0 Å². The van der Waals surface area contributed by atoms with Crippen LogP contribution in [0.25, 0.3) is 22.4 Å². The van der Waals surface area contributed by atoms with Gasteiger partial charge in [0.15, 0.2) is 0 Å². The molecule has 0 aliphatic carbocycles. The SMILES string of the molecule is CC(=O)Cc1ccc(-c2ccccc2-c2ncccc2C(N)=O)cc1. The Hall–Kier alpha value is -3.27. The molecule has 0 aliphatic rings. The molecular weight excluding hydrogens is 312 g/mol. The number of carbonyl (C=O) groups is 2. The fraction of sp³-hybridized carbons (Fsp3) is 0.0952. The zero-order valence-corrected chi connectivity index (χ0v) is 13.9. The Morgan fingerprint density at radius 2 is 1.60 bits per heavy atom. The van der Waals surface area contributed by atoms with Crippen LogP contribution in [0.1, 0.15) is 22.8 Å². The Morgan fingerprint density at radius 1 is 0.920 bits per heavy atom. The van der Waals surface area contributed by atoms with E-state index in [4.69, 9.17) is 5.73 Å². The van der Waals surface area contributed by atoms with E-state index < -0.39 is 5.91 Å². The van der Waals surface area contributed by atoms with Gasteiger partial charge in [0.2, 0.25) is 0 Å². The maximum Gasteiger partial charge on any atom is 0.250 e. The number of hydrogen-bond acceptors (Lipinski definition) is 3. The largest absolute Gasteiger partial charge is 0.366 e. The Morgan fingerprint density at radius 3 is 2.24 bits per heavy atom. The molecule has 2 aromatic carbocycles. The molecule has 0 saturated carbocycles.